The highest BCUT2D eigenvalue weighted by atomic mass is 32.1. The summed E-state index contributed by atoms with van der Waals surface area (Å²) in [6.07, 6.45) is 9.63. The lowest BCUT2D eigenvalue weighted by atomic mass is 10.1. The maximum absolute atomic E-state index is 4.45. The molecule has 0 saturated heterocycles. The Labute approximate surface area is 90.9 Å². The van der Waals surface area contributed by atoms with Crippen molar-refractivity contribution < 1.29 is 0 Å². The fraction of sp³-hybridized carbons (Fsp3) is 0.583. The summed E-state index contributed by atoms with van der Waals surface area (Å²) in [5.41, 5.74) is 1.24. The molecule has 78 valence electrons. The summed E-state index contributed by atoms with van der Waals surface area (Å²) in [5.74, 6) is 0. The average Bonchev–Trinajstić information content (AvgIpc) is 2.65. The summed E-state index contributed by atoms with van der Waals surface area (Å²) in [6, 6.07) is 0. The fourth-order valence-corrected chi connectivity index (χ4v) is 2.13. The van der Waals surface area contributed by atoms with E-state index in [-0.39, 0.29) is 0 Å². The van der Waals surface area contributed by atoms with Crippen LogP contribution in [0.3, 0.4) is 0 Å². The summed E-state index contributed by atoms with van der Waals surface area (Å²) in [6.45, 7) is 5.96. The van der Waals surface area contributed by atoms with Gasteiger partial charge in [0.15, 0.2) is 0 Å². The zero-order chi connectivity index (χ0) is 10.2. The second kappa shape index (κ2) is 6.77. The number of aryl methyl sites for hydroxylation is 1. The van der Waals surface area contributed by atoms with Crippen LogP contribution in [-0.4, -0.2) is 4.98 Å². The van der Waals surface area contributed by atoms with E-state index in [2.05, 4.69) is 23.9 Å². The number of thiazole rings is 1. The molecule has 1 nitrogen and oxygen atoms in total. The summed E-state index contributed by atoms with van der Waals surface area (Å²) >= 11 is 1.69. The molecule has 0 radical (unpaired) electrons. The first-order chi connectivity index (χ1) is 6.86. The van der Waals surface area contributed by atoms with Crippen molar-refractivity contribution in [3.8, 4) is 0 Å². The third-order valence-electron chi connectivity index (χ3n) is 2.28. The first-order valence-electron chi connectivity index (χ1n) is 5.43. The maximum atomic E-state index is 4.45. The minimum absolute atomic E-state index is 1.05. The van der Waals surface area contributed by atoms with Gasteiger partial charge < -0.3 is 0 Å². The number of nitrogens with zero attached hydrogens (tertiary/aromatic N) is 1. The van der Waals surface area contributed by atoms with E-state index in [0.717, 1.165) is 11.4 Å². The van der Waals surface area contributed by atoms with Crippen molar-refractivity contribution >= 4 is 17.4 Å². The predicted octanol–water partition coefficient (Wildman–Crippen LogP) is 4.30. The molecule has 0 aromatic carbocycles. The highest BCUT2D eigenvalue weighted by Crippen LogP contribution is 2.13. The van der Waals surface area contributed by atoms with Crippen molar-refractivity contribution in [1.29, 1.82) is 0 Å². The Morgan fingerprint density at radius 3 is 2.79 bits per heavy atom. The largest absolute Gasteiger partial charge is 0.242 e. The molecule has 0 unspecified atom stereocenters. The van der Waals surface area contributed by atoms with Crippen LogP contribution in [0, 0.1) is 0 Å². The van der Waals surface area contributed by atoms with Crippen molar-refractivity contribution in [2.24, 2.45) is 0 Å². The number of hydrogen-bond acceptors (Lipinski definition) is 2. The van der Waals surface area contributed by atoms with E-state index in [1.54, 1.807) is 11.3 Å². The molecule has 1 heterocycles. The number of unbranched alkanes of at least 4 members (excludes halogenated alkanes) is 4. The topological polar surface area (TPSA) is 12.9 Å². The van der Waals surface area contributed by atoms with Gasteiger partial charge in [-0.1, -0.05) is 39.2 Å². The Morgan fingerprint density at radius 1 is 1.36 bits per heavy atom. The first kappa shape index (κ1) is 11.4. The molecular formula is C12H19NS. The molecule has 0 N–H and O–H groups in total. The van der Waals surface area contributed by atoms with Crippen LogP contribution in [0.15, 0.2) is 12.0 Å². The first-order valence-corrected chi connectivity index (χ1v) is 6.31. The van der Waals surface area contributed by atoms with Gasteiger partial charge in [-0.3, -0.25) is 0 Å². The second-order valence-corrected chi connectivity index (χ2v) is 4.44. The Bertz CT molecular complexity index is 265. The Morgan fingerprint density at radius 2 is 2.14 bits per heavy atom. The van der Waals surface area contributed by atoms with Crippen LogP contribution < -0.4 is 0 Å². The molecule has 0 aliphatic rings. The van der Waals surface area contributed by atoms with Gasteiger partial charge in [0.05, 0.1) is 5.69 Å². The van der Waals surface area contributed by atoms with Crippen molar-refractivity contribution in [1.82, 2.24) is 4.98 Å². The van der Waals surface area contributed by atoms with E-state index < -0.39 is 0 Å². The van der Waals surface area contributed by atoms with Crippen LogP contribution >= 0.6 is 11.3 Å². The fourth-order valence-electron chi connectivity index (χ4n) is 1.44. The zero-order valence-electron chi connectivity index (χ0n) is 8.96. The lowest BCUT2D eigenvalue weighted by Gasteiger charge is -1.97. The lowest BCUT2D eigenvalue weighted by Crippen LogP contribution is -1.86. The highest BCUT2D eigenvalue weighted by Gasteiger charge is 1.98. The van der Waals surface area contributed by atoms with Crippen LogP contribution in [0.2, 0.25) is 0 Å². The summed E-state index contributed by atoms with van der Waals surface area (Å²) in [4.78, 5) is 4.45. The molecule has 0 aliphatic carbocycles. The van der Waals surface area contributed by atoms with E-state index in [1.165, 1.54) is 37.8 Å². The highest BCUT2D eigenvalue weighted by molar-refractivity contribution is 7.10. The SMILES string of the molecule is C=Cc1nc(CCCCCCC)cs1. The van der Waals surface area contributed by atoms with Crippen molar-refractivity contribution in [2.45, 2.75) is 45.4 Å². The van der Waals surface area contributed by atoms with Crippen molar-refractivity contribution in [3.05, 3.63) is 22.7 Å². The van der Waals surface area contributed by atoms with Crippen LogP contribution in [0.25, 0.3) is 6.08 Å². The van der Waals surface area contributed by atoms with Gasteiger partial charge in [-0.15, -0.1) is 11.3 Å². The molecule has 0 atom stereocenters. The Balaban J connectivity index is 2.14. The molecule has 0 aliphatic heterocycles. The van der Waals surface area contributed by atoms with Crippen LogP contribution in [0.5, 0.6) is 0 Å². The van der Waals surface area contributed by atoms with Gasteiger partial charge in [-0.2, -0.15) is 0 Å². The monoisotopic (exact) mass is 209 g/mol. The number of rotatable bonds is 7. The van der Waals surface area contributed by atoms with Crippen LogP contribution in [-0.2, 0) is 6.42 Å². The molecule has 0 fully saturated rings. The minimum Gasteiger partial charge on any atom is -0.242 e. The van der Waals surface area contributed by atoms with Crippen molar-refractivity contribution in [2.75, 3.05) is 0 Å². The quantitative estimate of drug-likeness (QED) is 0.610. The molecule has 0 bridgehead atoms. The van der Waals surface area contributed by atoms with Gasteiger partial charge >= 0.3 is 0 Å². The molecule has 0 saturated carbocycles. The lowest BCUT2D eigenvalue weighted by molar-refractivity contribution is 0.629. The molecule has 2 heteroatoms. The normalized spacial score (nSPS) is 10.4. The van der Waals surface area contributed by atoms with Crippen LogP contribution in [0.1, 0.15) is 49.7 Å². The molecule has 1 rings (SSSR count). The van der Waals surface area contributed by atoms with Gasteiger partial charge in [-0.05, 0) is 18.9 Å². The predicted molar refractivity (Wildman–Crippen MR) is 64.7 cm³/mol. The molecule has 14 heavy (non-hydrogen) atoms. The number of aromatic nitrogens is 1. The van der Waals surface area contributed by atoms with Gasteiger partial charge in [0.25, 0.3) is 0 Å². The standard InChI is InChI=1S/C12H19NS/c1-3-5-6-7-8-9-11-10-14-12(4-2)13-11/h4,10H,2-3,5-9H2,1H3. The minimum atomic E-state index is 1.05. The Kier molecular flexibility index (Phi) is 5.53. The summed E-state index contributed by atoms with van der Waals surface area (Å²) in [7, 11) is 0. The van der Waals surface area contributed by atoms with Gasteiger partial charge in [0.2, 0.25) is 0 Å². The second-order valence-electron chi connectivity index (χ2n) is 3.55. The number of hydrogen-bond donors (Lipinski definition) is 0. The zero-order valence-corrected chi connectivity index (χ0v) is 9.78. The molecule has 1 aromatic heterocycles. The van der Waals surface area contributed by atoms with Crippen LogP contribution in [0.4, 0.5) is 0 Å². The Hall–Kier alpha value is -0.630. The third kappa shape index (κ3) is 4.05. The molecule has 0 spiro atoms. The van der Waals surface area contributed by atoms with Crippen molar-refractivity contribution in [3.63, 3.8) is 0 Å². The van der Waals surface area contributed by atoms with E-state index in [4.69, 9.17) is 0 Å². The third-order valence-corrected chi connectivity index (χ3v) is 3.17. The molecule has 1 aromatic rings. The van der Waals surface area contributed by atoms with Gasteiger partial charge in [0.1, 0.15) is 5.01 Å². The van der Waals surface area contributed by atoms with E-state index >= 15 is 0 Å². The van der Waals surface area contributed by atoms with E-state index in [1.807, 2.05) is 6.08 Å². The summed E-state index contributed by atoms with van der Waals surface area (Å²) < 4.78 is 0. The van der Waals surface area contributed by atoms with Gasteiger partial charge in [0, 0.05) is 5.38 Å². The summed E-state index contributed by atoms with van der Waals surface area (Å²) in [5, 5.41) is 3.20. The van der Waals surface area contributed by atoms with Gasteiger partial charge in [-0.25, -0.2) is 4.98 Å². The smallest absolute Gasteiger partial charge is 0.115 e. The average molecular weight is 209 g/mol. The molecule has 0 amide bonds. The molecular weight excluding hydrogens is 190 g/mol. The maximum Gasteiger partial charge on any atom is 0.115 e. The van der Waals surface area contributed by atoms with E-state index in [9.17, 15) is 0 Å². The van der Waals surface area contributed by atoms with E-state index in [0.29, 0.717) is 0 Å².